The molecule has 2 aromatic carbocycles. The molecule has 126 valence electrons. The molecule has 24 heavy (non-hydrogen) atoms. The smallest absolute Gasteiger partial charge is 0.337 e. The normalized spacial score (nSPS) is 10.0. The van der Waals surface area contributed by atoms with Gasteiger partial charge in [0.1, 0.15) is 11.5 Å². The van der Waals surface area contributed by atoms with Crippen molar-refractivity contribution in [3.63, 3.8) is 0 Å². The van der Waals surface area contributed by atoms with Crippen LogP contribution in [0.25, 0.3) is 0 Å². The molecule has 0 unspecified atom stereocenters. The van der Waals surface area contributed by atoms with Crippen molar-refractivity contribution in [3.05, 3.63) is 53.1 Å². The third kappa shape index (κ3) is 3.84. The Morgan fingerprint density at radius 2 is 1.50 bits per heavy atom. The molecule has 0 aliphatic heterocycles. The van der Waals surface area contributed by atoms with E-state index in [1.165, 1.54) is 21.3 Å². The average molecular weight is 329 g/mol. The monoisotopic (exact) mass is 329 g/mol. The molecule has 0 bridgehead atoms. The van der Waals surface area contributed by atoms with Gasteiger partial charge in [-0.3, -0.25) is 4.79 Å². The molecule has 0 aliphatic carbocycles. The number of nitrogens with one attached hydrogen (secondary N) is 1. The van der Waals surface area contributed by atoms with Crippen molar-refractivity contribution in [2.75, 3.05) is 26.6 Å². The van der Waals surface area contributed by atoms with Crippen LogP contribution >= 0.6 is 0 Å². The van der Waals surface area contributed by atoms with Gasteiger partial charge >= 0.3 is 5.97 Å². The standard InChI is InChI=1S/C18H19NO5/c1-11-7-12(18(21)24-4)5-6-16(11)19-17(20)13-8-14(22-2)10-15(9-13)23-3/h5-10H,1-4H3,(H,19,20). The second kappa shape index (κ2) is 7.50. The van der Waals surface area contributed by atoms with E-state index >= 15 is 0 Å². The van der Waals surface area contributed by atoms with Crippen molar-refractivity contribution in [1.29, 1.82) is 0 Å². The van der Waals surface area contributed by atoms with E-state index in [4.69, 9.17) is 9.47 Å². The highest BCUT2D eigenvalue weighted by Gasteiger charge is 2.13. The number of carbonyl (C=O) groups excluding carboxylic acids is 2. The number of carbonyl (C=O) groups is 2. The lowest BCUT2D eigenvalue weighted by Gasteiger charge is -2.11. The predicted octanol–water partition coefficient (Wildman–Crippen LogP) is 3.05. The van der Waals surface area contributed by atoms with Crippen LogP contribution in [-0.4, -0.2) is 33.2 Å². The van der Waals surface area contributed by atoms with Crippen LogP contribution in [0.2, 0.25) is 0 Å². The first-order valence-electron chi connectivity index (χ1n) is 7.22. The fourth-order valence-electron chi connectivity index (χ4n) is 2.18. The third-order valence-electron chi connectivity index (χ3n) is 3.51. The summed E-state index contributed by atoms with van der Waals surface area (Å²) in [6, 6.07) is 9.85. The van der Waals surface area contributed by atoms with Crippen LogP contribution < -0.4 is 14.8 Å². The molecule has 1 N–H and O–H groups in total. The Morgan fingerprint density at radius 3 is 2.00 bits per heavy atom. The maximum absolute atomic E-state index is 12.5. The van der Waals surface area contributed by atoms with Crippen LogP contribution in [0.4, 0.5) is 5.69 Å². The minimum absolute atomic E-state index is 0.305. The molecule has 0 aliphatic rings. The number of hydrogen-bond donors (Lipinski definition) is 1. The van der Waals surface area contributed by atoms with Crippen molar-refractivity contribution >= 4 is 17.6 Å². The highest BCUT2D eigenvalue weighted by atomic mass is 16.5. The number of ether oxygens (including phenoxy) is 3. The van der Waals surface area contributed by atoms with Crippen LogP contribution in [0.15, 0.2) is 36.4 Å². The van der Waals surface area contributed by atoms with E-state index in [9.17, 15) is 9.59 Å². The number of aryl methyl sites for hydroxylation is 1. The van der Waals surface area contributed by atoms with E-state index in [0.29, 0.717) is 28.3 Å². The summed E-state index contributed by atoms with van der Waals surface area (Å²) in [5, 5.41) is 2.81. The molecule has 0 saturated carbocycles. The fourth-order valence-corrected chi connectivity index (χ4v) is 2.18. The quantitative estimate of drug-likeness (QED) is 0.854. The van der Waals surface area contributed by atoms with Crippen molar-refractivity contribution in [2.24, 2.45) is 0 Å². The Morgan fingerprint density at radius 1 is 0.875 bits per heavy atom. The Hall–Kier alpha value is -3.02. The molecule has 0 heterocycles. The number of methoxy groups -OCH3 is 3. The minimum Gasteiger partial charge on any atom is -0.497 e. The van der Waals surface area contributed by atoms with Gasteiger partial charge in [0, 0.05) is 17.3 Å². The molecule has 6 heteroatoms. The average Bonchev–Trinajstić information content (AvgIpc) is 2.61. The number of rotatable bonds is 5. The summed E-state index contributed by atoms with van der Waals surface area (Å²) < 4.78 is 15.0. The number of amides is 1. The first-order valence-corrected chi connectivity index (χ1v) is 7.22. The molecule has 0 saturated heterocycles. The highest BCUT2D eigenvalue weighted by molar-refractivity contribution is 6.05. The Balaban J connectivity index is 2.25. The summed E-state index contributed by atoms with van der Waals surface area (Å²) in [6.07, 6.45) is 0. The van der Waals surface area contributed by atoms with E-state index in [1.807, 2.05) is 0 Å². The second-order valence-electron chi connectivity index (χ2n) is 5.08. The lowest BCUT2D eigenvalue weighted by molar-refractivity contribution is 0.0600. The van der Waals surface area contributed by atoms with Gasteiger partial charge in [-0.1, -0.05) is 0 Å². The summed E-state index contributed by atoms with van der Waals surface area (Å²) in [4.78, 5) is 24.0. The van der Waals surface area contributed by atoms with Crippen LogP contribution in [-0.2, 0) is 4.74 Å². The lowest BCUT2D eigenvalue weighted by atomic mass is 10.1. The number of anilines is 1. The van der Waals surface area contributed by atoms with Crippen molar-refractivity contribution in [2.45, 2.75) is 6.92 Å². The summed E-state index contributed by atoms with van der Waals surface area (Å²) in [5.41, 5.74) is 2.19. The van der Waals surface area contributed by atoms with Gasteiger partial charge in [-0.15, -0.1) is 0 Å². The summed E-state index contributed by atoms with van der Waals surface area (Å²) in [7, 11) is 4.36. The zero-order valence-corrected chi connectivity index (χ0v) is 14.0. The van der Waals surface area contributed by atoms with E-state index in [2.05, 4.69) is 10.1 Å². The lowest BCUT2D eigenvalue weighted by Crippen LogP contribution is -2.13. The van der Waals surface area contributed by atoms with Gasteiger partial charge in [-0.25, -0.2) is 4.79 Å². The molecular weight excluding hydrogens is 310 g/mol. The predicted molar refractivity (Wildman–Crippen MR) is 90.0 cm³/mol. The van der Waals surface area contributed by atoms with Gasteiger partial charge in [0.25, 0.3) is 5.91 Å². The molecule has 2 aromatic rings. The molecule has 1 amide bonds. The Kier molecular flexibility index (Phi) is 5.42. The van der Waals surface area contributed by atoms with Gasteiger partial charge in [-0.05, 0) is 42.8 Å². The zero-order chi connectivity index (χ0) is 17.7. The number of hydrogen-bond acceptors (Lipinski definition) is 5. The van der Waals surface area contributed by atoms with E-state index in [0.717, 1.165) is 5.56 Å². The van der Waals surface area contributed by atoms with Crippen LogP contribution in [0.3, 0.4) is 0 Å². The van der Waals surface area contributed by atoms with Crippen molar-refractivity contribution in [3.8, 4) is 11.5 Å². The highest BCUT2D eigenvalue weighted by Crippen LogP contribution is 2.24. The molecule has 0 atom stereocenters. The van der Waals surface area contributed by atoms with Gasteiger partial charge in [0.05, 0.1) is 26.9 Å². The molecule has 0 aromatic heterocycles. The Bertz CT molecular complexity index is 748. The minimum atomic E-state index is -0.423. The summed E-state index contributed by atoms with van der Waals surface area (Å²) in [6.45, 7) is 1.80. The van der Waals surface area contributed by atoms with Gasteiger partial charge in [-0.2, -0.15) is 0 Å². The van der Waals surface area contributed by atoms with E-state index in [-0.39, 0.29) is 5.91 Å². The maximum Gasteiger partial charge on any atom is 0.337 e. The van der Waals surface area contributed by atoms with Crippen molar-refractivity contribution in [1.82, 2.24) is 0 Å². The molecular formula is C18H19NO5. The first kappa shape index (κ1) is 17.3. The van der Waals surface area contributed by atoms with Crippen LogP contribution in [0, 0.1) is 6.92 Å². The zero-order valence-electron chi connectivity index (χ0n) is 14.0. The van der Waals surface area contributed by atoms with Crippen molar-refractivity contribution < 1.29 is 23.8 Å². The van der Waals surface area contributed by atoms with Gasteiger partial charge < -0.3 is 19.5 Å². The van der Waals surface area contributed by atoms with E-state index < -0.39 is 5.97 Å². The molecule has 0 spiro atoms. The topological polar surface area (TPSA) is 73.9 Å². The van der Waals surface area contributed by atoms with Crippen LogP contribution in [0.5, 0.6) is 11.5 Å². The molecule has 0 radical (unpaired) electrons. The summed E-state index contributed by atoms with van der Waals surface area (Å²) >= 11 is 0. The fraction of sp³-hybridized carbons (Fsp3) is 0.222. The second-order valence-corrected chi connectivity index (χ2v) is 5.08. The van der Waals surface area contributed by atoms with Gasteiger partial charge in [0.15, 0.2) is 0 Å². The first-order chi connectivity index (χ1) is 11.5. The number of benzene rings is 2. The SMILES string of the molecule is COC(=O)c1ccc(NC(=O)c2cc(OC)cc(OC)c2)c(C)c1. The molecule has 2 rings (SSSR count). The van der Waals surface area contributed by atoms with E-state index in [1.54, 1.807) is 43.3 Å². The third-order valence-corrected chi connectivity index (χ3v) is 3.51. The maximum atomic E-state index is 12.5. The van der Waals surface area contributed by atoms with Crippen LogP contribution in [0.1, 0.15) is 26.3 Å². The van der Waals surface area contributed by atoms with Gasteiger partial charge in [0.2, 0.25) is 0 Å². The molecule has 0 fully saturated rings. The number of esters is 1. The largest absolute Gasteiger partial charge is 0.497 e. The Labute approximate surface area is 140 Å². The summed E-state index contributed by atoms with van der Waals surface area (Å²) in [5.74, 6) is 0.323. The molecule has 6 nitrogen and oxygen atoms in total.